The minimum atomic E-state index is 0.601. The van der Waals surface area contributed by atoms with Gasteiger partial charge in [0.1, 0.15) is 5.76 Å². The van der Waals surface area contributed by atoms with E-state index in [1.165, 1.54) is 10.8 Å². The molecule has 0 radical (unpaired) electrons. The molecule has 0 aliphatic rings. The number of fused-ring (bicyclic) bond motifs is 1. The summed E-state index contributed by atoms with van der Waals surface area (Å²) in [5.41, 5.74) is 4.19. The van der Waals surface area contributed by atoms with Gasteiger partial charge in [-0.2, -0.15) is 5.10 Å². The second kappa shape index (κ2) is 8.58. The number of rotatable bonds is 5. The van der Waals surface area contributed by atoms with Crippen LogP contribution in [0, 0.1) is 0 Å². The second-order valence-electron chi connectivity index (χ2n) is 7.28. The van der Waals surface area contributed by atoms with Crippen molar-refractivity contribution in [3.05, 3.63) is 113 Å². The average Bonchev–Trinajstić information content (AvgIpc) is 3.48. The molecular formula is C26H21N3OS. The van der Waals surface area contributed by atoms with Crippen LogP contribution in [0.15, 0.2) is 111 Å². The molecule has 5 rings (SSSR count). The Morgan fingerprint density at radius 3 is 2.52 bits per heavy atom. The van der Waals surface area contributed by atoms with Crippen molar-refractivity contribution in [2.75, 3.05) is 0 Å². The smallest absolute Gasteiger partial charge is 0.211 e. The Labute approximate surface area is 184 Å². The fraction of sp³-hybridized carbons (Fsp3) is 0.0769. The highest BCUT2D eigenvalue weighted by Crippen LogP contribution is 2.21. The SMILES string of the molecule is C/C(=N\N=c1/scc(-c2ccccc2)n1Cc1ccco1)c1ccc2ccccc2c1. The van der Waals surface area contributed by atoms with Crippen molar-refractivity contribution in [2.45, 2.75) is 13.5 Å². The lowest BCUT2D eigenvalue weighted by Crippen LogP contribution is -2.16. The van der Waals surface area contributed by atoms with E-state index in [2.05, 4.69) is 74.7 Å². The molecule has 0 amide bonds. The van der Waals surface area contributed by atoms with Crippen molar-refractivity contribution in [2.24, 2.45) is 10.2 Å². The van der Waals surface area contributed by atoms with E-state index in [0.29, 0.717) is 6.54 Å². The van der Waals surface area contributed by atoms with Gasteiger partial charge in [0.15, 0.2) is 0 Å². The standard InChI is InChI=1S/C26H21N3OS/c1-19(22-14-13-20-8-5-6-11-23(20)16-22)27-28-26-29(17-24-12-7-15-30-24)25(18-31-26)21-9-3-2-4-10-21/h2-16,18H,17H2,1H3/b27-19+,28-26-. The molecule has 2 aromatic heterocycles. The van der Waals surface area contributed by atoms with Gasteiger partial charge in [0.25, 0.3) is 0 Å². The zero-order valence-corrected chi connectivity index (χ0v) is 17.9. The third kappa shape index (κ3) is 4.13. The van der Waals surface area contributed by atoms with Gasteiger partial charge in [-0.1, -0.05) is 66.7 Å². The van der Waals surface area contributed by atoms with E-state index in [4.69, 9.17) is 4.42 Å². The van der Waals surface area contributed by atoms with Crippen LogP contribution in [0.1, 0.15) is 18.2 Å². The van der Waals surface area contributed by atoms with Crippen molar-refractivity contribution in [3.63, 3.8) is 0 Å². The summed E-state index contributed by atoms with van der Waals surface area (Å²) in [6.45, 7) is 2.60. The molecular weight excluding hydrogens is 402 g/mol. The molecule has 31 heavy (non-hydrogen) atoms. The van der Waals surface area contributed by atoms with Crippen molar-refractivity contribution in [3.8, 4) is 11.3 Å². The van der Waals surface area contributed by atoms with Crippen molar-refractivity contribution >= 4 is 27.8 Å². The summed E-state index contributed by atoms with van der Waals surface area (Å²) in [6.07, 6.45) is 1.70. The normalized spacial score (nSPS) is 12.5. The number of hydrogen-bond donors (Lipinski definition) is 0. The summed E-state index contributed by atoms with van der Waals surface area (Å²) in [5.74, 6) is 0.882. The zero-order chi connectivity index (χ0) is 21.0. The predicted molar refractivity (Wildman–Crippen MR) is 127 cm³/mol. The highest BCUT2D eigenvalue weighted by atomic mass is 32.1. The highest BCUT2D eigenvalue weighted by Gasteiger charge is 2.10. The Balaban J connectivity index is 1.55. The van der Waals surface area contributed by atoms with E-state index in [1.54, 1.807) is 17.6 Å². The molecule has 5 heteroatoms. The van der Waals surface area contributed by atoms with Crippen molar-refractivity contribution < 1.29 is 4.42 Å². The number of furan rings is 1. The van der Waals surface area contributed by atoms with E-state index < -0.39 is 0 Å². The van der Waals surface area contributed by atoms with Crippen LogP contribution >= 0.6 is 11.3 Å². The summed E-state index contributed by atoms with van der Waals surface area (Å²) in [7, 11) is 0. The first-order valence-electron chi connectivity index (χ1n) is 10.1. The van der Waals surface area contributed by atoms with Crippen LogP contribution in [0.4, 0.5) is 0 Å². The van der Waals surface area contributed by atoms with Gasteiger partial charge in [0.2, 0.25) is 4.80 Å². The first-order valence-corrected chi connectivity index (χ1v) is 11.0. The van der Waals surface area contributed by atoms with Gasteiger partial charge in [-0.3, -0.25) is 0 Å². The van der Waals surface area contributed by atoms with Crippen molar-refractivity contribution in [1.82, 2.24) is 4.57 Å². The van der Waals surface area contributed by atoms with E-state index in [9.17, 15) is 0 Å². The summed E-state index contributed by atoms with van der Waals surface area (Å²) in [6, 6.07) is 28.9. The molecule has 0 spiro atoms. The number of thiazole rings is 1. The van der Waals surface area contributed by atoms with Crippen molar-refractivity contribution in [1.29, 1.82) is 0 Å². The third-order valence-electron chi connectivity index (χ3n) is 5.21. The monoisotopic (exact) mass is 423 g/mol. The maximum atomic E-state index is 5.59. The summed E-state index contributed by atoms with van der Waals surface area (Å²) >= 11 is 1.58. The molecule has 0 saturated heterocycles. The molecule has 0 unspecified atom stereocenters. The average molecular weight is 424 g/mol. The van der Waals surface area contributed by atoms with Gasteiger partial charge in [0, 0.05) is 5.38 Å². The van der Waals surface area contributed by atoms with E-state index in [1.807, 2.05) is 37.3 Å². The van der Waals surface area contributed by atoms with E-state index in [0.717, 1.165) is 33.1 Å². The molecule has 0 bridgehead atoms. The Hall–Kier alpha value is -3.70. The highest BCUT2D eigenvalue weighted by molar-refractivity contribution is 7.07. The molecule has 0 fully saturated rings. The molecule has 5 aromatic rings. The molecule has 0 aliphatic heterocycles. The molecule has 4 nitrogen and oxygen atoms in total. The van der Waals surface area contributed by atoms with Gasteiger partial charge in [0.05, 0.1) is 24.2 Å². The number of nitrogens with zero attached hydrogens (tertiary/aromatic N) is 3. The van der Waals surface area contributed by atoms with Gasteiger partial charge >= 0.3 is 0 Å². The molecule has 0 N–H and O–H groups in total. The van der Waals surface area contributed by atoms with Gasteiger partial charge in [-0.25, -0.2) is 0 Å². The maximum absolute atomic E-state index is 5.59. The number of aromatic nitrogens is 1. The van der Waals surface area contributed by atoms with Crippen LogP contribution in [0.3, 0.4) is 0 Å². The number of hydrogen-bond acceptors (Lipinski definition) is 4. The van der Waals surface area contributed by atoms with E-state index in [-0.39, 0.29) is 0 Å². The Bertz CT molecular complexity index is 1410. The Morgan fingerprint density at radius 2 is 1.71 bits per heavy atom. The predicted octanol–water partition coefficient (Wildman–Crippen LogP) is 6.34. The summed E-state index contributed by atoms with van der Waals surface area (Å²) in [5, 5.41) is 13.7. The minimum Gasteiger partial charge on any atom is -0.467 e. The van der Waals surface area contributed by atoms with Crippen LogP contribution < -0.4 is 4.80 Å². The lowest BCUT2D eigenvalue weighted by atomic mass is 10.0. The van der Waals surface area contributed by atoms with E-state index >= 15 is 0 Å². The Morgan fingerprint density at radius 1 is 0.903 bits per heavy atom. The van der Waals surface area contributed by atoms with Gasteiger partial charge in [-0.05, 0) is 47.0 Å². The molecule has 3 aromatic carbocycles. The van der Waals surface area contributed by atoms with Crippen LogP contribution in [0.5, 0.6) is 0 Å². The fourth-order valence-electron chi connectivity index (χ4n) is 3.55. The lowest BCUT2D eigenvalue weighted by Gasteiger charge is -2.07. The molecule has 0 saturated carbocycles. The first kappa shape index (κ1) is 19.3. The van der Waals surface area contributed by atoms with Crippen LogP contribution in [0.25, 0.3) is 22.0 Å². The molecule has 152 valence electrons. The second-order valence-corrected chi connectivity index (χ2v) is 8.12. The zero-order valence-electron chi connectivity index (χ0n) is 17.1. The topological polar surface area (TPSA) is 42.8 Å². The lowest BCUT2D eigenvalue weighted by molar-refractivity contribution is 0.491. The summed E-state index contributed by atoms with van der Waals surface area (Å²) < 4.78 is 7.74. The quantitative estimate of drug-likeness (QED) is 0.240. The Kier molecular flexibility index (Phi) is 5.33. The first-order chi connectivity index (χ1) is 15.3. The van der Waals surface area contributed by atoms with Crippen LogP contribution in [0.2, 0.25) is 0 Å². The van der Waals surface area contributed by atoms with Gasteiger partial charge in [-0.15, -0.1) is 16.4 Å². The van der Waals surface area contributed by atoms with Crippen LogP contribution in [-0.2, 0) is 6.54 Å². The maximum Gasteiger partial charge on any atom is 0.211 e. The number of benzene rings is 3. The van der Waals surface area contributed by atoms with Crippen LogP contribution in [-0.4, -0.2) is 10.3 Å². The molecule has 0 aliphatic carbocycles. The molecule has 2 heterocycles. The molecule has 0 atom stereocenters. The summed E-state index contributed by atoms with van der Waals surface area (Å²) in [4.78, 5) is 0.829. The third-order valence-corrected chi connectivity index (χ3v) is 6.07. The van der Waals surface area contributed by atoms with Gasteiger partial charge < -0.3 is 8.98 Å². The minimum absolute atomic E-state index is 0.601. The fourth-order valence-corrected chi connectivity index (χ4v) is 4.41. The largest absolute Gasteiger partial charge is 0.467 e.